The van der Waals surface area contributed by atoms with Crippen molar-refractivity contribution in [1.29, 1.82) is 0 Å². The van der Waals surface area contributed by atoms with E-state index in [2.05, 4.69) is 11.2 Å². The Morgan fingerprint density at radius 2 is 2.29 bits per heavy atom. The van der Waals surface area contributed by atoms with E-state index < -0.39 is 5.54 Å². The van der Waals surface area contributed by atoms with Gasteiger partial charge in [0, 0.05) is 12.3 Å². The first-order chi connectivity index (χ1) is 8.03. The van der Waals surface area contributed by atoms with Crippen LogP contribution in [0.3, 0.4) is 0 Å². The second-order valence-corrected chi connectivity index (χ2v) is 5.32. The van der Waals surface area contributed by atoms with E-state index in [1.54, 1.807) is 23.6 Å². The van der Waals surface area contributed by atoms with Crippen molar-refractivity contribution in [2.24, 2.45) is 0 Å². The molecule has 1 N–H and O–H groups in total. The molecule has 2 amide bonds. The third-order valence-corrected chi connectivity index (χ3v) is 3.75. The van der Waals surface area contributed by atoms with Crippen molar-refractivity contribution < 1.29 is 9.59 Å². The fraction of sp³-hybridized carbons (Fsp3) is 0.667. The van der Waals surface area contributed by atoms with Gasteiger partial charge in [0.05, 0.1) is 12.3 Å². The highest BCUT2D eigenvalue weighted by atomic mass is 32.2. The molecule has 0 aromatic heterocycles. The summed E-state index contributed by atoms with van der Waals surface area (Å²) in [5, 5.41) is 2.75. The van der Waals surface area contributed by atoms with Gasteiger partial charge in [0.2, 0.25) is 11.8 Å². The summed E-state index contributed by atoms with van der Waals surface area (Å²) in [5.41, 5.74) is -0.744. The number of piperazine rings is 1. The maximum Gasteiger partial charge on any atom is 0.248 e. The molecule has 0 aliphatic carbocycles. The zero-order valence-corrected chi connectivity index (χ0v) is 11.1. The zero-order chi connectivity index (χ0) is 12.9. The van der Waals surface area contributed by atoms with Gasteiger partial charge in [-0.3, -0.25) is 9.59 Å². The van der Waals surface area contributed by atoms with Gasteiger partial charge < -0.3 is 10.2 Å². The Morgan fingerprint density at radius 1 is 1.59 bits per heavy atom. The van der Waals surface area contributed by atoms with E-state index in [4.69, 9.17) is 6.42 Å². The Balaban J connectivity index is 2.57. The topological polar surface area (TPSA) is 49.4 Å². The fourth-order valence-corrected chi connectivity index (χ4v) is 2.33. The lowest BCUT2D eigenvalue weighted by Crippen LogP contribution is -2.65. The molecule has 94 valence electrons. The molecule has 1 fully saturated rings. The number of nitrogens with one attached hydrogen (secondary N) is 1. The molecule has 0 spiro atoms. The van der Waals surface area contributed by atoms with Gasteiger partial charge >= 0.3 is 0 Å². The molecule has 1 atom stereocenters. The normalized spacial score (nSPS) is 24.4. The Bertz CT molecular complexity index is 351. The average molecular weight is 254 g/mol. The van der Waals surface area contributed by atoms with Crippen LogP contribution in [0.15, 0.2) is 0 Å². The van der Waals surface area contributed by atoms with Crippen molar-refractivity contribution >= 4 is 23.6 Å². The maximum atomic E-state index is 12.1. The average Bonchev–Trinajstić information content (AvgIpc) is 2.30. The predicted octanol–water partition coefficient (Wildman–Crippen LogP) is 0.480. The number of thioether (sulfide) groups is 1. The van der Waals surface area contributed by atoms with Crippen LogP contribution in [0.5, 0.6) is 0 Å². The molecule has 5 heteroatoms. The van der Waals surface area contributed by atoms with E-state index in [0.29, 0.717) is 18.7 Å². The molecule has 1 saturated heterocycles. The van der Waals surface area contributed by atoms with Crippen LogP contribution in [0, 0.1) is 12.3 Å². The van der Waals surface area contributed by atoms with Crippen molar-refractivity contribution in [3.8, 4) is 12.3 Å². The summed E-state index contributed by atoms with van der Waals surface area (Å²) < 4.78 is 0. The van der Waals surface area contributed by atoms with Gasteiger partial charge in [0.25, 0.3) is 0 Å². The highest BCUT2D eigenvalue weighted by Crippen LogP contribution is 2.18. The molecule has 0 aromatic rings. The Kier molecular flexibility index (Phi) is 4.88. The largest absolute Gasteiger partial charge is 0.340 e. The zero-order valence-electron chi connectivity index (χ0n) is 10.3. The molecule has 1 rings (SSSR count). The molecule has 1 aliphatic rings. The second-order valence-electron chi connectivity index (χ2n) is 4.22. The quantitative estimate of drug-likeness (QED) is 0.573. The molecule has 0 bridgehead atoms. The summed E-state index contributed by atoms with van der Waals surface area (Å²) in [6, 6.07) is 0. The summed E-state index contributed by atoms with van der Waals surface area (Å²) in [4.78, 5) is 25.3. The number of terminal acetylenes is 1. The third kappa shape index (κ3) is 3.40. The molecule has 0 saturated carbocycles. The summed E-state index contributed by atoms with van der Waals surface area (Å²) >= 11 is 1.60. The highest BCUT2D eigenvalue weighted by molar-refractivity contribution is 7.99. The first-order valence-corrected chi connectivity index (χ1v) is 6.80. The molecule has 1 aliphatic heterocycles. The molecule has 1 heterocycles. The van der Waals surface area contributed by atoms with E-state index in [1.165, 1.54) is 0 Å². The molecule has 17 heavy (non-hydrogen) atoms. The van der Waals surface area contributed by atoms with Crippen LogP contribution in [0.1, 0.15) is 20.3 Å². The number of carbonyl (C=O) groups excluding carboxylic acids is 2. The monoisotopic (exact) mass is 254 g/mol. The minimum Gasteiger partial charge on any atom is -0.340 e. The fourth-order valence-electron chi connectivity index (χ4n) is 1.72. The van der Waals surface area contributed by atoms with Crippen LogP contribution in [0.2, 0.25) is 0 Å². The Hall–Kier alpha value is -1.15. The van der Waals surface area contributed by atoms with Crippen LogP contribution in [0.4, 0.5) is 0 Å². The van der Waals surface area contributed by atoms with Gasteiger partial charge in [-0.2, -0.15) is 0 Å². The summed E-state index contributed by atoms with van der Waals surface area (Å²) in [6.45, 7) is 4.40. The Morgan fingerprint density at radius 3 is 2.88 bits per heavy atom. The molecule has 0 aromatic carbocycles. The summed E-state index contributed by atoms with van der Waals surface area (Å²) in [5.74, 6) is 3.85. The maximum absolute atomic E-state index is 12.1. The lowest BCUT2D eigenvalue weighted by atomic mass is 9.94. The number of rotatable bonds is 5. The van der Waals surface area contributed by atoms with E-state index in [0.717, 1.165) is 5.75 Å². The number of hydrogen-bond acceptors (Lipinski definition) is 3. The standard InChI is InChI=1S/C12H18N2O2S/c1-4-7-17-8-6-14-9-10(15)13-12(3,5-2)11(14)16/h1H,5-9H2,2-3H3,(H,13,15). The van der Waals surface area contributed by atoms with E-state index >= 15 is 0 Å². The van der Waals surface area contributed by atoms with Crippen LogP contribution in [-0.4, -0.2) is 46.8 Å². The van der Waals surface area contributed by atoms with Gasteiger partial charge in [0.1, 0.15) is 5.54 Å². The minimum absolute atomic E-state index is 0.000840. The van der Waals surface area contributed by atoms with E-state index in [-0.39, 0.29) is 18.4 Å². The van der Waals surface area contributed by atoms with Crippen LogP contribution in [0.25, 0.3) is 0 Å². The highest BCUT2D eigenvalue weighted by Gasteiger charge is 2.41. The number of amides is 2. The first-order valence-electron chi connectivity index (χ1n) is 5.65. The van der Waals surface area contributed by atoms with E-state index in [9.17, 15) is 9.59 Å². The molecule has 1 unspecified atom stereocenters. The van der Waals surface area contributed by atoms with Gasteiger partial charge in [-0.25, -0.2) is 0 Å². The van der Waals surface area contributed by atoms with Gasteiger partial charge in [0.15, 0.2) is 0 Å². The predicted molar refractivity (Wildman–Crippen MR) is 69.6 cm³/mol. The molecule has 4 nitrogen and oxygen atoms in total. The molecular formula is C12H18N2O2S. The second kappa shape index (κ2) is 5.97. The summed E-state index contributed by atoms with van der Waals surface area (Å²) in [6.07, 6.45) is 5.75. The van der Waals surface area contributed by atoms with E-state index in [1.807, 2.05) is 6.92 Å². The molecule has 0 radical (unpaired) electrons. The smallest absolute Gasteiger partial charge is 0.248 e. The van der Waals surface area contributed by atoms with Crippen LogP contribution < -0.4 is 5.32 Å². The molecular weight excluding hydrogens is 236 g/mol. The first kappa shape index (κ1) is 13.9. The van der Waals surface area contributed by atoms with Gasteiger partial charge in [-0.1, -0.05) is 12.8 Å². The Labute approximate surface area is 107 Å². The lowest BCUT2D eigenvalue weighted by molar-refractivity contribution is -0.149. The number of carbonyl (C=O) groups is 2. The lowest BCUT2D eigenvalue weighted by Gasteiger charge is -2.39. The van der Waals surface area contributed by atoms with Crippen molar-refractivity contribution in [3.05, 3.63) is 0 Å². The van der Waals surface area contributed by atoms with Gasteiger partial charge in [-0.15, -0.1) is 18.2 Å². The van der Waals surface area contributed by atoms with Crippen molar-refractivity contribution in [1.82, 2.24) is 10.2 Å². The minimum atomic E-state index is -0.744. The van der Waals surface area contributed by atoms with Crippen molar-refractivity contribution in [2.45, 2.75) is 25.8 Å². The van der Waals surface area contributed by atoms with Gasteiger partial charge in [-0.05, 0) is 13.3 Å². The number of hydrogen-bond donors (Lipinski definition) is 1. The third-order valence-electron chi connectivity index (χ3n) is 2.91. The van der Waals surface area contributed by atoms with Crippen LogP contribution >= 0.6 is 11.8 Å². The number of nitrogens with zero attached hydrogens (tertiary/aromatic N) is 1. The summed E-state index contributed by atoms with van der Waals surface area (Å²) in [7, 11) is 0. The van der Waals surface area contributed by atoms with Crippen LogP contribution in [-0.2, 0) is 9.59 Å². The SMILES string of the molecule is C#CCSCCN1CC(=O)NC(C)(CC)C1=O. The van der Waals surface area contributed by atoms with Crippen molar-refractivity contribution in [2.75, 3.05) is 24.6 Å². The van der Waals surface area contributed by atoms with Crippen molar-refractivity contribution in [3.63, 3.8) is 0 Å².